The lowest BCUT2D eigenvalue weighted by atomic mass is 9.92. The zero-order chi connectivity index (χ0) is 30.1. The van der Waals surface area contributed by atoms with Crippen molar-refractivity contribution in [2.45, 2.75) is 25.8 Å². The molecule has 42 heavy (non-hydrogen) atoms. The van der Waals surface area contributed by atoms with E-state index in [2.05, 4.69) is 16.2 Å². The van der Waals surface area contributed by atoms with Crippen LogP contribution in [0.1, 0.15) is 35.6 Å². The van der Waals surface area contributed by atoms with Crippen LogP contribution in [0.2, 0.25) is 0 Å². The Kier molecular flexibility index (Phi) is 10.2. The van der Waals surface area contributed by atoms with Crippen molar-refractivity contribution in [2.75, 3.05) is 38.9 Å². The number of ether oxygens (including phenoxy) is 3. The second kappa shape index (κ2) is 14.2. The molecule has 0 saturated heterocycles. The van der Waals surface area contributed by atoms with Crippen LogP contribution in [0.25, 0.3) is 11.3 Å². The Hall–Kier alpha value is -4.78. The molecule has 218 valence electrons. The number of anilines is 1. The van der Waals surface area contributed by atoms with Crippen molar-refractivity contribution in [3.63, 3.8) is 0 Å². The Morgan fingerprint density at radius 1 is 1.05 bits per heavy atom. The lowest BCUT2D eigenvalue weighted by Crippen LogP contribution is -2.35. The largest absolute Gasteiger partial charge is 0.493 e. The highest BCUT2D eigenvalue weighted by Crippen LogP contribution is 2.36. The van der Waals surface area contributed by atoms with Gasteiger partial charge in [0.05, 0.1) is 19.8 Å². The molecule has 1 heterocycles. The first-order valence-electron chi connectivity index (χ1n) is 13.6. The summed E-state index contributed by atoms with van der Waals surface area (Å²) in [4.78, 5) is 29.9. The molecule has 0 aliphatic carbocycles. The first kappa shape index (κ1) is 30.2. The fourth-order valence-electron chi connectivity index (χ4n) is 4.69. The Morgan fingerprint density at radius 3 is 2.43 bits per heavy atom. The van der Waals surface area contributed by atoms with Crippen LogP contribution < -0.4 is 15.7 Å². The van der Waals surface area contributed by atoms with Crippen LogP contribution in [0.15, 0.2) is 77.6 Å². The van der Waals surface area contributed by atoms with Crippen LogP contribution in [-0.2, 0) is 14.3 Å². The van der Waals surface area contributed by atoms with E-state index in [-0.39, 0.29) is 11.6 Å². The molecule has 4 aromatic rings. The van der Waals surface area contributed by atoms with Gasteiger partial charge in [0.1, 0.15) is 24.1 Å². The lowest BCUT2D eigenvalue weighted by molar-refractivity contribution is -0.120. The van der Waals surface area contributed by atoms with Crippen LogP contribution in [0.4, 0.5) is 5.69 Å². The number of terminal acetylenes is 1. The molecule has 0 unspecified atom stereocenters. The second-order valence-electron chi connectivity index (χ2n) is 9.78. The van der Waals surface area contributed by atoms with Crippen LogP contribution in [0.3, 0.4) is 0 Å². The highest BCUT2D eigenvalue weighted by atomic mass is 16.5. The van der Waals surface area contributed by atoms with Gasteiger partial charge in [0.25, 0.3) is 0 Å². The zero-order valence-electron chi connectivity index (χ0n) is 23.9. The minimum Gasteiger partial charge on any atom is -0.493 e. The molecule has 9 nitrogen and oxygen atoms in total. The minimum atomic E-state index is -1.07. The number of rotatable bonds is 13. The fraction of sp³-hybridized carbons (Fsp3) is 0.273. The molecule has 0 bridgehead atoms. The molecule has 0 aliphatic heterocycles. The molecular formula is C33H35N3O6. The number of imidazole rings is 1. The van der Waals surface area contributed by atoms with Crippen LogP contribution in [0.5, 0.6) is 11.6 Å². The molecule has 1 aromatic heterocycles. The van der Waals surface area contributed by atoms with Crippen molar-refractivity contribution >= 4 is 11.6 Å². The molecule has 0 saturated carbocycles. The quantitative estimate of drug-likeness (QED) is 0.156. The molecule has 9 heteroatoms. The van der Waals surface area contributed by atoms with Gasteiger partial charge in [0, 0.05) is 29.8 Å². The number of aromatic hydroxyl groups is 1. The van der Waals surface area contributed by atoms with E-state index in [0.717, 1.165) is 15.7 Å². The number of benzene rings is 3. The number of amides is 1. The lowest BCUT2D eigenvalue weighted by Gasteiger charge is -2.25. The Balaban J connectivity index is 1.62. The minimum absolute atomic E-state index is 0.196. The summed E-state index contributed by atoms with van der Waals surface area (Å²) in [5.74, 6) is 1.92. The van der Waals surface area contributed by atoms with Gasteiger partial charge >= 0.3 is 5.69 Å². The number of aromatic amines is 1. The van der Waals surface area contributed by atoms with Gasteiger partial charge in [-0.15, -0.1) is 6.42 Å². The highest BCUT2D eigenvalue weighted by Gasteiger charge is 2.33. The van der Waals surface area contributed by atoms with Crippen molar-refractivity contribution in [1.82, 2.24) is 9.55 Å². The van der Waals surface area contributed by atoms with Crippen LogP contribution in [-0.4, -0.2) is 54.1 Å². The number of carbonyl (C=O) groups is 1. The van der Waals surface area contributed by atoms with Crippen LogP contribution >= 0.6 is 0 Å². The summed E-state index contributed by atoms with van der Waals surface area (Å²) >= 11 is 0. The normalized spacial score (nSPS) is 12.3. The summed E-state index contributed by atoms with van der Waals surface area (Å²) < 4.78 is 17.1. The third-order valence-electron chi connectivity index (χ3n) is 6.97. The Morgan fingerprint density at radius 2 is 1.76 bits per heavy atom. The molecule has 3 N–H and O–H groups in total. The molecule has 0 spiro atoms. The smallest absolute Gasteiger partial charge is 0.329 e. The zero-order valence-corrected chi connectivity index (χ0v) is 23.9. The standard InChI is InChI=1S/C33H35N3O6/c1-5-24-11-16-28(22(2)21-24)34-31(37)30(23(3)25-9-7-6-8-10-25)36-32(38)29(35-33(36)39)26-12-14-27(15-13-26)42-20-19-41-18-17-40-4/h1,6-16,21,23,30,38H,17-20H2,2-4H3,(H,34,37)(H,35,39)/t23-,30-/m0/s1. The van der Waals surface area contributed by atoms with Gasteiger partial charge in [0.2, 0.25) is 11.8 Å². The second-order valence-corrected chi connectivity index (χ2v) is 9.78. The number of nitrogens with zero attached hydrogens (tertiary/aromatic N) is 1. The predicted octanol–water partition coefficient (Wildman–Crippen LogP) is 4.86. The average Bonchev–Trinajstić information content (AvgIpc) is 3.29. The average molecular weight is 570 g/mol. The van der Waals surface area contributed by atoms with Gasteiger partial charge in [-0.3, -0.25) is 4.79 Å². The van der Waals surface area contributed by atoms with Crippen LogP contribution in [0, 0.1) is 19.3 Å². The molecule has 4 rings (SSSR count). The van der Waals surface area contributed by atoms with E-state index in [1.165, 1.54) is 0 Å². The number of nitrogens with one attached hydrogen (secondary N) is 2. The summed E-state index contributed by atoms with van der Waals surface area (Å²) in [5.41, 5.74) is 3.00. The molecule has 3 aromatic carbocycles. The number of H-pyrrole nitrogens is 1. The summed E-state index contributed by atoms with van der Waals surface area (Å²) in [6.45, 7) is 5.47. The number of carbonyl (C=O) groups excluding carboxylic acids is 1. The van der Waals surface area contributed by atoms with Crippen molar-refractivity contribution in [3.05, 3.63) is 100.0 Å². The van der Waals surface area contributed by atoms with E-state index < -0.39 is 23.6 Å². The van der Waals surface area contributed by atoms with E-state index in [0.29, 0.717) is 49.0 Å². The van der Waals surface area contributed by atoms with Gasteiger partial charge in [-0.25, -0.2) is 9.36 Å². The Bertz CT molecular complexity index is 1590. The SMILES string of the molecule is C#Cc1ccc(NC(=O)[C@H]([C@@H](C)c2ccccc2)n2c(O)c(-c3ccc(OCCOCCOC)cc3)[nH]c2=O)c(C)c1. The maximum absolute atomic E-state index is 13.8. The first-order valence-corrected chi connectivity index (χ1v) is 13.6. The highest BCUT2D eigenvalue weighted by molar-refractivity contribution is 5.95. The third kappa shape index (κ3) is 7.10. The number of hydrogen-bond donors (Lipinski definition) is 3. The Labute approximate surface area is 245 Å². The number of hydrogen-bond acceptors (Lipinski definition) is 6. The summed E-state index contributed by atoms with van der Waals surface area (Å²) in [5, 5.41) is 14.3. The van der Waals surface area contributed by atoms with Gasteiger partial charge in [-0.1, -0.05) is 43.2 Å². The van der Waals surface area contributed by atoms with E-state index >= 15 is 0 Å². The first-order chi connectivity index (χ1) is 20.3. The summed E-state index contributed by atoms with van der Waals surface area (Å²) in [7, 11) is 1.61. The molecule has 2 atom stereocenters. The number of aryl methyl sites for hydroxylation is 1. The van der Waals surface area contributed by atoms with E-state index in [1.54, 1.807) is 49.6 Å². The van der Waals surface area contributed by atoms with Crippen molar-refractivity contribution in [1.29, 1.82) is 0 Å². The van der Waals surface area contributed by atoms with Gasteiger partial charge in [0.15, 0.2) is 0 Å². The summed E-state index contributed by atoms with van der Waals surface area (Å²) in [6, 6.07) is 20.5. The molecule has 0 radical (unpaired) electrons. The topological polar surface area (TPSA) is 115 Å². The van der Waals surface area contributed by atoms with Gasteiger partial charge in [-0.2, -0.15) is 0 Å². The molecular weight excluding hydrogens is 534 g/mol. The van der Waals surface area contributed by atoms with E-state index in [1.807, 2.05) is 44.2 Å². The van der Waals surface area contributed by atoms with Crippen molar-refractivity contribution < 1.29 is 24.1 Å². The van der Waals surface area contributed by atoms with Gasteiger partial charge < -0.3 is 29.6 Å². The molecule has 0 aliphatic rings. The maximum atomic E-state index is 13.8. The van der Waals surface area contributed by atoms with Crippen molar-refractivity contribution in [2.24, 2.45) is 0 Å². The number of methoxy groups -OCH3 is 1. The van der Waals surface area contributed by atoms with E-state index in [4.69, 9.17) is 20.6 Å². The third-order valence-corrected chi connectivity index (χ3v) is 6.97. The molecule has 0 fully saturated rings. The van der Waals surface area contributed by atoms with Gasteiger partial charge in [-0.05, 0) is 60.5 Å². The van der Waals surface area contributed by atoms with E-state index in [9.17, 15) is 14.7 Å². The van der Waals surface area contributed by atoms with Crippen molar-refractivity contribution in [3.8, 4) is 35.2 Å². The maximum Gasteiger partial charge on any atom is 0.329 e. The summed E-state index contributed by atoms with van der Waals surface area (Å²) in [6.07, 6.45) is 5.51. The predicted molar refractivity (Wildman–Crippen MR) is 162 cm³/mol. The molecule has 1 amide bonds. The monoisotopic (exact) mass is 569 g/mol. The number of aromatic nitrogens is 2. The fourth-order valence-corrected chi connectivity index (χ4v) is 4.69.